The lowest BCUT2D eigenvalue weighted by Crippen LogP contribution is -2.40. The van der Waals surface area contributed by atoms with Crippen LogP contribution in [0.3, 0.4) is 0 Å². The number of amides is 2. The van der Waals surface area contributed by atoms with Crippen LogP contribution in [0.1, 0.15) is 25.3 Å². The second-order valence-electron chi connectivity index (χ2n) is 9.00. The van der Waals surface area contributed by atoms with E-state index in [1.807, 2.05) is 40.1 Å². The third-order valence-electron chi connectivity index (χ3n) is 6.89. The van der Waals surface area contributed by atoms with Crippen LogP contribution in [0.2, 0.25) is 0 Å². The van der Waals surface area contributed by atoms with Crippen LogP contribution in [-0.4, -0.2) is 54.4 Å². The van der Waals surface area contributed by atoms with E-state index in [1.165, 1.54) is 12.1 Å². The number of rotatable bonds is 6. The SMILES string of the molecule is CC(=O)N1CCC([C@@H]2CN(C(=O)Cc3cccc(F)c3)C[C@H]2COc2ccccc2)CC1. The van der Waals surface area contributed by atoms with Gasteiger partial charge in [-0.15, -0.1) is 0 Å². The minimum absolute atomic E-state index is 0.0315. The highest BCUT2D eigenvalue weighted by molar-refractivity contribution is 5.79. The normalized spacial score (nSPS) is 21.6. The zero-order valence-corrected chi connectivity index (χ0v) is 18.6. The first-order chi connectivity index (χ1) is 15.5. The predicted octanol–water partition coefficient (Wildman–Crippen LogP) is 3.78. The molecule has 2 aliphatic rings. The van der Waals surface area contributed by atoms with Crippen LogP contribution in [-0.2, 0) is 16.0 Å². The zero-order valence-electron chi connectivity index (χ0n) is 18.6. The molecule has 32 heavy (non-hydrogen) atoms. The van der Waals surface area contributed by atoms with Crippen LogP contribution in [0.4, 0.5) is 4.39 Å². The average Bonchev–Trinajstić information content (AvgIpc) is 3.23. The molecule has 6 heteroatoms. The number of carbonyl (C=O) groups excluding carboxylic acids is 2. The summed E-state index contributed by atoms with van der Waals surface area (Å²) < 4.78 is 19.6. The first-order valence-corrected chi connectivity index (χ1v) is 11.4. The van der Waals surface area contributed by atoms with Gasteiger partial charge in [-0.25, -0.2) is 4.39 Å². The van der Waals surface area contributed by atoms with Crippen molar-refractivity contribution in [3.05, 3.63) is 66.0 Å². The third-order valence-corrected chi connectivity index (χ3v) is 6.89. The standard InChI is InChI=1S/C26H31FN2O3/c1-19(30)28-12-10-21(11-13-28)25-17-29(26(31)15-20-6-5-7-23(27)14-20)16-22(25)18-32-24-8-3-2-4-9-24/h2-9,14,21-22,25H,10-13,15-18H2,1H3/t22-,25-/m0/s1. The van der Waals surface area contributed by atoms with Crippen molar-refractivity contribution in [1.29, 1.82) is 0 Å². The number of hydrogen-bond donors (Lipinski definition) is 0. The van der Waals surface area contributed by atoms with Gasteiger partial charge in [-0.1, -0.05) is 30.3 Å². The summed E-state index contributed by atoms with van der Waals surface area (Å²) in [4.78, 5) is 28.6. The highest BCUT2D eigenvalue weighted by Gasteiger charge is 2.41. The molecule has 4 rings (SSSR count). The van der Waals surface area contributed by atoms with E-state index in [-0.39, 0.29) is 30.0 Å². The summed E-state index contributed by atoms with van der Waals surface area (Å²) in [6, 6.07) is 16.0. The van der Waals surface area contributed by atoms with Gasteiger partial charge in [-0.3, -0.25) is 9.59 Å². The number of benzene rings is 2. The van der Waals surface area contributed by atoms with E-state index in [1.54, 1.807) is 19.1 Å². The van der Waals surface area contributed by atoms with E-state index in [9.17, 15) is 14.0 Å². The fraction of sp³-hybridized carbons (Fsp3) is 0.462. The highest BCUT2D eigenvalue weighted by Crippen LogP contribution is 2.36. The van der Waals surface area contributed by atoms with Crippen molar-refractivity contribution in [1.82, 2.24) is 9.80 Å². The van der Waals surface area contributed by atoms with Gasteiger partial charge in [0, 0.05) is 39.0 Å². The number of likely N-dealkylation sites (tertiary alicyclic amines) is 2. The fourth-order valence-electron chi connectivity index (χ4n) is 5.11. The number of para-hydroxylation sites is 1. The lowest BCUT2D eigenvalue weighted by Gasteiger charge is -2.36. The maximum Gasteiger partial charge on any atom is 0.227 e. The van der Waals surface area contributed by atoms with Crippen LogP contribution in [0.25, 0.3) is 0 Å². The topological polar surface area (TPSA) is 49.9 Å². The lowest BCUT2D eigenvalue weighted by atomic mass is 9.78. The molecule has 2 fully saturated rings. The Labute approximate surface area is 189 Å². The smallest absolute Gasteiger partial charge is 0.227 e. The van der Waals surface area contributed by atoms with Crippen LogP contribution in [0, 0.1) is 23.6 Å². The monoisotopic (exact) mass is 438 g/mol. The largest absolute Gasteiger partial charge is 0.493 e. The number of ether oxygens (including phenoxy) is 1. The van der Waals surface area contributed by atoms with Crippen LogP contribution < -0.4 is 4.74 Å². The molecule has 0 aromatic heterocycles. The molecule has 5 nitrogen and oxygen atoms in total. The Kier molecular flexibility index (Phi) is 7.08. The van der Waals surface area contributed by atoms with Crippen molar-refractivity contribution in [2.45, 2.75) is 26.2 Å². The van der Waals surface area contributed by atoms with Gasteiger partial charge in [-0.05, 0) is 54.5 Å². The van der Waals surface area contributed by atoms with Gasteiger partial charge in [0.15, 0.2) is 0 Å². The van der Waals surface area contributed by atoms with E-state index in [2.05, 4.69) is 0 Å². The van der Waals surface area contributed by atoms with E-state index in [0.29, 0.717) is 37.1 Å². The molecule has 2 heterocycles. The fourth-order valence-corrected chi connectivity index (χ4v) is 5.11. The molecule has 2 atom stereocenters. The number of halogens is 1. The summed E-state index contributed by atoms with van der Waals surface area (Å²) in [5, 5.41) is 0. The Morgan fingerprint density at radius 1 is 1.00 bits per heavy atom. The first kappa shape index (κ1) is 22.3. The zero-order chi connectivity index (χ0) is 22.5. The van der Waals surface area contributed by atoms with Gasteiger partial charge in [-0.2, -0.15) is 0 Å². The summed E-state index contributed by atoms with van der Waals surface area (Å²) in [5.74, 6) is 1.71. The maximum absolute atomic E-state index is 13.5. The molecular formula is C26H31FN2O3. The molecule has 170 valence electrons. The van der Waals surface area contributed by atoms with Crippen molar-refractivity contribution >= 4 is 11.8 Å². The van der Waals surface area contributed by atoms with Gasteiger partial charge >= 0.3 is 0 Å². The highest BCUT2D eigenvalue weighted by atomic mass is 19.1. The van der Waals surface area contributed by atoms with Crippen molar-refractivity contribution in [3.8, 4) is 5.75 Å². The summed E-state index contributed by atoms with van der Waals surface area (Å²) >= 11 is 0. The maximum atomic E-state index is 13.5. The van der Waals surface area contributed by atoms with Gasteiger partial charge in [0.25, 0.3) is 0 Å². The number of hydrogen-bond acceptors (Lipinski definition) is 3. The predicted molar refractivity (Wildman–Crippen MR) is 121 cm³/mol. The molecule has 0 unspecified atom stereocenters. The van der Waals surface area contributed by atoms with Gasteiger partial charge < -0.3 is 14.5 Å². The van der Waals surface area contributed by atoms with Gasteiger partial charge in [0.2, 0.25) is 11.8 Å². The third kappa shape index (κ3) is 5.47. The molecule has 2 amide bonds. The molecule has 2 aromatic rings. The van der Waals surface area contributed by atoms with Crippen LogP contribution >= 0.6 is 0 Å². The van der Waals surface area contributed by atoms with E-state index < -0.39 is 0 Å². The number of carbonyl (C=O) groups is 2. The summed E-state index contributed by atoms with van der Waals surface area (Å²) in [6.07, 6.45) is 2.12. The minimum atomic E-state index is -0.319. The van der Waals surface area contributed by atoms with Crippen molar-refractivity contribution < 1.29 is 18.7 Å². The Morgan fingerprint density at radius 2 is 1.75 bits per heavy atom. The molecule has 0 N–H and O–H groups in total. The first-order valence-electron chi connectivity index (χ1n) is 11.4. The molecule has 0 radical (unpaired) electrons. The number of piperidine rings is 1. The Hall–Kier alpha value is -2.89. The Bertz CT molecular complexity index is 928. The molecule has 0 aliphatic carbocycles. The molecule has 0 bridgehead atoms. The quantitative estimate of drug-likeness (QED) is 0.690. The van der Waals surface area contributed by atoms with Crippen LogP contribution in [0.5, 0.6) is 5.75 Å². The minimum Gasteiger partial charge on any atom is -0.493 e. The second-order valence-corrected chi connectivity index (χ2v) is 9.00. The lowest BCUT2D eigenvalue weighted by molar-refractivity contribution is -0.130. The Morgan fingerprint density at radius 3 is 2.44 bits per heavy atom. The van der Waals surface area contributed by atoms with E-state index >= 15 is 0 Å². The van der Waals surface area contributed by atoms with E-state index in [4.69, 9.17) is 4.74 Å². The van der Waals surface area contributed by atoms with Crippen molar-refractivity contribution in [2.24, 2.45) is 17.8 Å². The summed E-state index contributed by atoms with van der Waals surface area (Å²) in [5.41, 5.74) is 0.699. The molecule has 2 aromatic carbocycles. The molecule has 0 saturated carbocycles. The average molecular weight is 439 g/mol. The van der Waals surface area contributed by atoms with E-state index in [0.717, 1.165) is 31.7 Å². The van der Waals surface area contributed by atoms with Gasteiger partial charge in [0.1, 0.15) is 11.6 Å². The van der Waals surface area contributed by atoms with Crippen molar-refractivity contribution in [2.75, 3.05) is 32.8 Å². The van der Waals surface area contributed by atoms with Crippen LogP contribution in [0.15, 0.2) is 54.6 Å². The Balaban J connectivity index is 1.43. The molecular weight excluding hydrogens is 407 g/mol. The molecule has 2 saturated heterocycles. The molecule has 0 spiro atoms. The second kappa shape index (κ2) is 10.2. The van der Waals surface area contributed by atoms with Crippen molar-refractivity contribution in [3.63, 3.8) is 0 Å². The van der Waals surface area contributed by atoms with Gasteiger partial charge in [0.05, 0.1) is 13.0 Å². The number of nitrogens with zero attached hydrogens (tertiary/aromatic N) is 2. The summed E-state index contributed by atoms with van der Waals surface area (Å²) in [6.45, 7) is 5.09. The molecule has 2 aliphatic heterocycles. The summed E-state index contributed by atoms with van der Waals surface area (Å²) in [7, 11) is 0.